The second kappa shape index (κ2) is 6.24. The number of hydrogen-bond acceptors (Lipinski definition) is 4. The van der Waals surface area contributed by atoms with E-state index < -0.39 is 0 Å². The van der Waals surface area contributed by atoms with Gasteiger partial charge < -0.3 is 21.6 Å². The molecule has 0 heterocycles. The monoisotopic (exact) mass is 188 g/mol. The average molecular weight is 188 g/mol. The fourth-order valence-electron chi connectivity index (χ4n) is 0.718. The molecule has 13 heavy (non-hydrogen) atoms. The van der Waals surface area contributed by atoms with Crippen molar-refractivity contribution in [2.75, 3.05) is 13.6 Å². The van der Waals surface area contributed by atoms with Gasteiger partial charge in [-0.2, -0.15) is 0 Å². The van der Waals surface area contributed by atoms with Gasteiger partial charge in [-0.25, -0.2) is 0 Å². The molecule has 0 radical (unpaired) electrons. The van der Waals surface area contributed by atoms with Crippen molar-refractivity contribution in [2.24, 2.45) is 10.9 Å². The number of nitrogens with two attached hydrogens (primary N) is 1. The van der Waals surface area contributed by atoms with Crippen molar-refractivity contribution in [1.82, 2.24) is 10.6 Å². The molecule has 0 aromatic rings. The molecule has 0 aromatic carbocycles. The van der Waals surface area contributed by atoms with Crippen molar-refractivity contribution in [1.29, 1.82) is 0 Å². The molecule has 1 amide bonds. The first-order valence-electron chi connectivity index (χ1n) is 4.03. The highest BCUT2D eigenvalue weighted by atomic mass is 16.4. The highest BCUT2D eigenvalue weighted by molar-refractivity contribution is 5.84. The van der Waals surface area contributed by atoms with Crippen molar-refractivity contribution < 1.29 is 10.0 Å². The summed E-state index contributed by atoms with van der Waals surface area (Å²) in [7, 11) is 1.58. The normalized spacial score (nSPS) is 13.8. The zero-order valence-electron chi connectivity index (χ0n) is 7.87. The predicted octanol–water partition coefficient (Wildman–Crippen LogP) is -1.15. The lowest BCUT2D eigenvalue weighted by atomic mass is 10.3. The lowest BCUT2D eigenvalue weighted by Gasteiger charge is -2.10. The first-order chi connectivity index (χ1) is 6.11. The van der Waals surface area contributed by atoms with Gasteiger partial charge in [-0.1, -0.05) is 5.16 Å². The molecule has 1 unspecified atom stereocenters. The van der Waals surface area contributed by atoms with Crippen LogP contribution in [0.3, 0.4) is 0 Å². The molecule has 76 valence electrons. The SMILES string of the molecule is CNC(=O)CCNC(C)C(N)=NO. The molecular formula is C7H16N4O2. The fraction of sp³-hybridized carbons (Fsp3) is 0.714. The smallest absolute Gasteiger partial charge is 0.221 e. The van der Waals surface area contributed by atoms with E-state index in [2.05, 4.69) is 15.8 Å². The first kappa shape index (κ1) is 11.7. The summed E-state index contributed by atoms with van der Waals surface area (Å²) < 4.78 is 0. The molecule has 0 fully saturated rings. The van der Waals surface area contributed by atoms with Gasteiger partial charge in [-0.3, -0.25) is 4.79 Å². The van der Waals surface area contributed by atoms with Crippen LogP contribution in [0.25, 0.3) is 0 Å². The number of hydrogen-bond donors (Lipinski definition) is 4. The van der Waals surface area contributed by atoms with Gasteiger partial charge in [-0.05, 0) is 6.92 Å². The number of amidine groups is 1. The van der Waals surface area contributed by atoms with Crippen LogP contribution < -0.4 is 16.4 Å². The molecule has 0 aliphatic carbocycles. The van der Waals surface area contributed by atoms with E-state index >= 15 is 0 Å². The molecule has 0 saturated heterocycles. The Morgan fingerprint density at radius 3 is 2.77 bits per heavy atom. The maximum Gasteiger partial charge on any atom is 0.221 e. The predicted molar refractivity (Wildman–Crippen MR) is 49.6 cm³/mol. The Balaban J connectivity index is 3.59. The van der Waals surface area contributed by atoms with Gasteiger partial charge in [0.25, 0.3) is 0 Å². The van der Waals surface area contributed by atoms with Gasteiger partial charge in [0.05, 0.1) is 6.04 Å². The quantitative estimate of drug-likeness (QED) is 0.189. The van der Waals surface area contributed by atoms with Crippen LogP contribution >= 0.6 is 0 Å². The molecule has 6 nitrogen and oxygen atoms in total. The van der Waals surface area contributed by atoms with E-state index in [9.17, 15) is 4.79 Å². The number of amides is 1. The Bertz CT molecular complexity index is 193. The summed E-state index contributed by atoms with van der Waals surface area (Å²) in [6, 6.07) is -0.227. The van der Waals surface area contributed by atoms with Gasteiger partial charge in [0.2, 0.25) is 5.91 Å². The minimum absolute atomic E-state index is 0.0424. The third-order valence-corrected chi connectivity index (χ3v) is 1.64. The van der Waals surface area contributed by atoms with Gasteiger partial charge in [0, 0.05) is 20.0 Å². The minimum Gasteiger partial charge on any atom is -0.409 e. The van der Waals surface area contributed by atoms with Crippen LogP contribution in [0.15, 0.2) is 5.16 Å². The van der Waals surface area contributed by atoms with Crippen LogP contribution in [0.4, 0.5) is 0 Å². The second-order valence-corrected chi connectivity index (χ2v) is 2.62. The molecule has 0 aromatic heterocycles. The standard InChI is InChI=1S/C7H16N4O2/c1-5(7(8)11-13)10-4-3-6(12)9-2/h5,10,13H,3-4H2,1-2H3,(H2,8,11)(H,9,12). The van der Waals surface area contributed by atoms with Crippen molar-refractivity contribution in [2.45, 2.75) is 19.4 Å². The highest BCUT2D eigenvalue weighted by Crippen LogP contribution is 1.83. The largest absolute Gasteiger partial charge is 0.409 e. The Morgan fingerprint density at radius 2 is 2.31 bits per heavy atom. The van der Waals surface area contributed by atoms with Gasteiger partial charge in [0.1, 0.15) is 0 Å². The van der Waals surface area contributed by atoms with E-state index in [1.807, 2.05) is 0 Å². The molecule has 1 atom stereocenters. The molecule has 0 aliphatic rings. The number of oxime groups is 1. The summed E-state index contributed by atoms with van der Waals surface area (Å²) in [5.74, 6) is 0.0658. The molecule has 0 aliphatic heterocycles. The highest BCUT2D eigenvalue weighted by Gasteiger charge is 2.06. The maximum absolute atomic E-state index is 10.8. The molecule has 0 rings (SSSR count). The maximum atomic E-state index is 10.8. The van der Waals surface area contributed by atoms with Gasteiger partial charge in [-0.15, -0.1) is 0 Å². The zero-order valence-corrected chi connectivity index (χ0v) is 7.87. The summed E-state index contributed by atoms with van der Waals surface area (Å²) in [5.41, 5.74) is 5.30. The number of nitrogens with zero attached hydrogens (tertiary/aromatic N) is 1. The van der Waals surface area contributed by atoms with E-state index in [0.29, 0.717) is 13.0 Å². The summed E-state index contributed by atoms with van der Waals surface area (Å²) in [4.78, 5) is 10.8. The zero-order chi connectivity index (χ0) is 10.3. The van der Waals surface area contributed by atoms with Gasteiger partial charge in [0.15, 0.2) is 5.84 Å². The Labute approximate surface area is 77.2 Å². The number of rotatable bonds is 5. The van der Waals surface area contributed by atoms with Gasteiger partial charge >= 0.3 is 0 Å². The molecule has 0 saturated carbocycles. The third kappa shape index (κ3) is 5.02. The van der Waals surface area contributed by atoms with Crippen molar-refractivity contribution in [3.63, 3.8) is 0 Å². The van der Waals surface area contributed by atoms with Crippen LogP contribution in [0.2, 0.25) is 0 Å². The van der Waals surface area contributed by atoms with Crippen LogP contribution in [0.1, 0.15) is 13.3 Å². The number of carbonyl (C=O) groups excluding carboxylic acids is 1. The Hall–Kier alpha value is -1.30. The Morgan fingerprint density at radius 1 is 1.69 bits per heavy atom. The lowest BCUT2D eigenvalue weighted by Crippen LogP contribution is -2.40. The van der Waals surface area contributed by atoms with Crippen LogP contribution in [0, 0.1) is 0 Å². The molecule has 0 spiro atoms. The van der Waals surface area contributed by atoms with E-state index in [1.165, 1.54) is 0 Å². The minimum atomic E-state index is -0.227. The summed E-state index contributed by atoms with van der Waals surface area (Å²) >= 11 is 0. The summed E-state index contributed by atoms with van der Waals surface area (Å²) in [5, 5.41) is 16.6. The molecular weight excluding hydrogens is 172 g/mol. The van der Waals surface area contributed by atoms with Crippen molar-refractivity contribution >= 4 is 11.7 Å². The molecule has 6 heteroatoms. The van der Waals surface area contributed by atoms with E-state index in [0.717, 1.165) is 0 Å². The van der Waals surface area contributed by atoms with Crippen LogP contribution in [0.5, 0.6) is 0 Å². The molecule has 0 bridgehead atoms. The third-order valence-electron chi connectivity index (χ3n) is 1.64. The van der Waals surface area contributed by atoms with Crippen molar-refractivity contribution in [3.05, 3.63) is 0 Å². The van der Waals surface area contributed by atoms with Crippen molar-refractivity contribution in [3.8, 4) is 0 Å². The van der Waals surface area contributed by atoms with E-state index in [1.54, 1.807) is 14.0 Å². The Kier molecular flexibility index (Phi) is 5.62. The second-order valence-electron chi connectivity index (χ2n) is 2.62. The first-order valence-corrected chi connectivity index (χ1v) is 4.03. The summed E-state index contributed by atoms with van der Waals surface area (Å²) in [6.07, 6.45) is 0.375. The van der Waals surface area contributed by atoms with Crippen LogP contribution in [-0.4, -0.2) is 36.6 Å². The fourth-order valence-corrected chi connectivity index (χ4v) is 0.718. The lowest BCUT2D eigenvalue weighted by molar-refractivity contribution is -0.120. The topological polar surface area (TPSA) is 99.7 Å². The van der Waals surface area contributed by atoms with E-state index in [4.69, 9.17) is 10.9 Å². The number of carbonyl (C=O) groups is 1. The number of nitrogens with one attached hydrogen (secondary N) is 2. The van der Waals surface area contributed by atoms with E-state index in [-0.39, 0.29) is 17.8 Å². The average Bonchev–Trinajstić information content (AvgIpc) is 2.15. The summed E-state index contributed by atoms with van der Waals surface area (Å²) in [6.45, 7) is 2.25. The van der Waals surface area contributed by atoms with Crippen LogP contribution in [-0.2, 0) is 4.79 Å². The molecule has 5 N–H and O–H groups in total.